The number of carbonyl (C=O) groups excluding carboxylic acids is 2. The Hall–Kier alpha value is -1.30. The second-order valence-corrected chi connectivity index (χ2v) is 4.05. The fourth-order valence-electron chi connectivity index (χ4n) is 1.81. The van der Waals surface area contributed by atoms with E-state index in [9.17, 15) is 9.59 Å². The van der Waals surface area contributed by atoms with E-state index < -0.39 is 0 Å². The summed E-state index contributed by atoms with van der Waals surface area (Å²) in [6, 6.07) is 0.218. The maximum Gasteiger partial charge on any atom is 0.315 e. The first-order valence-electron chi connectivity index (χ1n) is 5.76. The number of hydrogen-bond donors (Lipinski definition) is 4. The summed E-state index contributed by atoms with van der Waals surface area (Å²) in [4.78, 5) is 21.8. The minimum Gasteiger partial charge on any atom is -0.338 e. The fraction of sp³-hybridized carbons (Fsp3) is 0.800. The van der Waals surface area contributed by atoms with Crippen molar-refractivity contribution in [1.82, 2.24) is 16.1 Å². The van der Waals surface area contributed by atoms with Crippen molar-refractivity contribution < 1.29 is 9.59 Å². The number of urea groups is 1. The number of hydrogen-bond acceptors (Lipinski definition) is 3. The lowest BCUT2D eigenvalue weighted by atomic mass is 10.0. The number of rotatable bonds is 6. The third-order valence-electron chi connectivity index (χ3n) is 2.73. The third kappa shape index (κ3) is 4.97. The highest BCUT2D eigenvalue weighted by atomic mass is 16.2. The van der Waals surface area contributed by atoms with Crippen LogP contribution in [0.3, 0.4) is 0 Å². The molecular formula is C10H20N4O2. The molecule has 0 radical (unpaired) electrons. The Morgan fingerprint density at radius 3 is 2.94 bits per heavy atom. The largest absolute Gasteiger partial charge is 0.338 e. The van der Waals surface area contributed by atoms with Crippen LogP contribution in [0.4, 0.5) is 4.79 Å². The molecule has 1 heterocycles. The Labute approximate surface area is 95.3 Å². The summed E-state index contributed by atoms with van der Waals surface area (Å²) in [7, 11) is 0. The molecule has 1 aliphatic rings. The van der Waals surface area contributed by atoms with Crippen molar-refractivity contribution in [2.45, 2.75) is 44.6 Å². The fourth-order valence-corrected chi connectivity index (χ4v) is 1.81. The van der Waals surface area contributed by atoms with Crippen molar-refractivity contribution in [3.05, 3.63) is 0 Å². The van der Waals surface area contributed by atoms with Gasteiger partial charge in [0.25, 0.3) is 0 Å². The molecule has 5 N–H and O–H groups in total. The maximum atomic E-state index is 11.0. The van der Waals surface area contributed by atoms with Crippen molar-refractivity contribution in [1.29, 1.82) is 0 Å². The van der Waals surface area contributed by atoms with Gasteiger partial charge in [-0.3, -0.25) is 10.2 Å². The van der Waals surface area contributed by atoms with Gasteiger partial charge in [-0.25, -0.2) is 10.6 Å². The van der Waals surface area contributed by atoms with E-state index in [2.05, 4.69) is 16.1 Å². The summed E-state index contributed by atoms with van der Waals surface area (Å²) >= 11 is 0. The summed E-state index contributed by atoms with van der Waals surface area (Å²) in [6.07, 6.45) is 5.32. The Morgan fingerprint density at radius 2 is 2.25 bits per heavy atom. The van der Waals surface area contributed by atoms with Gasteiger partial charge in [0.1, 0.15) is 0 Å². The Balaban J connectivity index is 1.98. The Bertz CT molecular complexity index is 245. The number of unbranched alkanes of at least 4 members (excludes halogenated alkanes) is 2. The van der Waals surface area contributed by atoms with Crippen molar-refractivity contribution in [2.75, 3.05) is 6.54 Å². The van der Waals surface area contributed by atoms with Crippen LogP contribution in [0.2, 0.25) is 0 Å². The van der Waals surface area contributed by atoms with Crippen LogP contribution < -0.4 is 21.9 Å². The highest BCUT2D eigenvalue weighted by Crippen LogP contribution is 2.09. The molecule has 0 saturated carbocycles. The summed E-state index contributed by atoms with van der Waals surface area (Å²) in [6.45, 7) is 0.756. The van der Waals surface area contributed by atoms with Gasteiger partial charge >= 0.3 is 6.03 Å². The van der Waals surface area contributed by atoms with E-state index >= 15 is 0 Å². The number of amides is 3. The molecule has 0 spiro atoms. The lowest BCUT2D eigenvalue weighted by Gasteiger charge is -2.24. The first-order valence-corrected chi connectivity index (χ1v) is 5.76. The van der Waals surface area contributed by atoms with Crippen LogP contribution in [0, 0.1) is 0 Å². The van der Waals surface area contributed by atoms with Crippen molar-refractivity contribution >= 4 is 11.9 Å². The molecule has 1 rings (SSSR count). The summed E-state index contributed by atoms with van der Waals surface area (Å²) < 4.78 is 0. The van der Waals surface area contributed by atoms with Gasteiger partial charge in [-0.15, -0.1) is 0 Å². The molecular weight excluding hydrogens is 208 g/mol. The molecule has 0 bridgehead atoms. The summed E-state index contributed by atoms with van der Waals surface area (Å²) in [5.74, 6) is 4.85. The van der Waals surface area contributed by atoms with Crippen molar-refractivity contribution in [3.8, 4) is 0 Å². The second kappa shape index (κ2) is 7.05. The highest BCUT2D eigenvalue weighted by molar-refractivity contribution is 5.75. The molecule has 92 valence electrons. The lowest BCUT2D eigenvalue weighted by molar-refractivity contribution is -0.121. The molecule has 1 aliphatic heterocycles. The smallest absolute Gasteiger partial charge is 0.315 e. The average molecular weight is 228 g/mol. The normalized spacial score (nSPS) is 19.8. The average Bonchev–Trinajstić information content (AvgIpc) is 2.28. The quantitative estimate of drug-likeness (QED) is 0.223. The van der Waals surface area contributed by atoms with Crippen LogP contribution in [-0.4, -0.2) is 24.5 Å². The minimum atomic E-state index is -0.116. The van der Waals surface area contributed by atoms with Crippen LogP contribution in [-0.2, 0) is 4.79 Å². The summed E-state index contributed by atoms with van der Waals surface area (Å²) in [5.41, 5.74) is 2.11. The van der Waals surface area contributed by atoms with Crippen LogP contribution in [0.15, 0.2) is 0 Å². The molecule has 0 aromatic rings. The van der Waals surface area contributed by atoms with E-state index in [1.54, 1.807) is 0 Å². The van der Waals surface area contributed by atoms with E-state index in [0.717, 1.165) is 38.6 Å². The monoisotopic (exact) mass is 228 g/mol. The van der Waals surface area contributed by atoms with E-state index in [0.29, 0.717) is 6.42 Å². The summed E-state index contributed by atoms with van der Waals surface area (Å²) in [5, 5.41) is 5.60. The van der Waals surface area contributed by atoms with Gasteiger partial charge in [-0.1, -0.05) is 12.8 Å². The van der Waals surface area contributed by atoms with Crippen LogP contribution in [0.1, 0.15) is 38.5 Å². The van der Waals surface area contributed by atoms with Gasteiger partial charge in [0.2, 0.25) is 5.91 Å². The zero-order valence-electron chi connectivity index (χ0n) is 9.42. The lowest BCUT2D eigenvalue weighted by Crippen LogP contribution is -2.49. The molecule has 0 aromatic heterocycles. The number of nitrogens with one attached hydrogen (secondary N) is 3. The molecule has 1 atom stereocenters. The maximum absolute atomic E-state index is 11.0. The zero-order chi connectivity index (χ0) is 11.8. The highest BCUT2D eigenvalue weighted by Gasteiger charge is 2.16. The molecule has 0 aromatic carbocycles. The Kier molecular flexibility index (Phi) is 5.63. The second-order valence-electron chi connectivity index (χ2n) is 4.05. The zero-order valence-corrected chi connectivity index (χ0v) is 9.42. The van der Waals surface area contributed by atoms with Crippen LogP contribution in [0.5, 0.6) is 0 Å². The number of carbonyl (C=O) groups is 2. The standard InChI is InChI=1S/C10H20N4O2/c11-14-9(15)5-3-1-2-4-8-6-7-12-10(16)13-8/h8H,1-7,11H2,(H,14,15)(H2,12,13,16). The molecule has 1 fully saturated rings. The molecule has 16 heavy (non-hydrogen) atoms. The van der Waals surface area contributed by atoms with Crippen molar-refractivity contribution in [2.24, 2.45) is 5.84 Å². The Morgan fingerprint density at radius 1 is 1.44 bits per heavy atom. The molecule has 1 unspecified atom stereocenters. The van der Waals surface area contributed by atoms with Gasteiger partial charge < -0.3 is 10.6 Å². The van der Waals surface area contributed by atoms with Crippen LogP contribution >= 0.6 is 0 Å². The van der Waals surface area contributed by atoms with Gasteiger partial charge in [0.15, 0.2) is 0 Å². The van der Waals surface area contributed by atoms with Crippen LogP contribution in [0.25, 0.3) is 0 Å². The van der Waals surface area contributed by atoms with E-state index in [-0.39, 0.29) is 18.0 Å². The topological polar surface area (TPSA) is 96.2 Å². The SMILES string of the molecule is NNC(=O)CCCCCC1CCNC(=O)N1. The van der Waals surface area contributed by atoms with E-state index in [1.807, 2.05) is 0 Å². The first-order chi connectivity index (χ1) is 7.72. The predicted octanol–water partition coefficient (Wildman–Crippen LogP) is -0.00170. The molecule has 3 amide bonds. The molecule has 1 saturated heterocycles. The van der Waals surface area contributed by atoms with E-state index in [4.69, 9.17) is 5.84 Å². The van der Waals surface area contributed by atoms with Crippen molar-refractivity contribution in [3.63, 3.8) is 0 Å². The number of hydrazine groups is 1. The number of nitrogens with two attached hydrogens (primary N) is 1. The van der Waals surface area contributed by atoms with E-state index in [1.165, 1.54) is 0 Å². The minimum absolute atomic E-state index is 0.0706. The molecule has 0 aliphatic carbocycles. The van der Waals surface area contributed by atoms with Gasteiger partial charge in [0, 0.05) is 19.0 Å². The molecule has 6 nitrogen and oxygen atoms in total. The molecule has 6 heteroatoms. The van der Waals surface area contributed by atoms with Gasteiger partial charge in [-0.05, 0) is 19.3 Å². The third-order valence-corrected chi connectivity index (χ3v) is 2.73. The van der Waals surface area contributed by atoms with Gasteiger partial charge in [-0.2, -0.15) is 0 Å². The van der Waals surface area contributed by atoms with Gasteiger partial charge in [0.05, 0.1) is 0 Å². The first kappa shape index (κ1) is 12.8. The predicted molar refractivity (Wildman–Crippen MR) is 60.4 cm³/mol.